The zero-order chi connectivity index (χ0) is 14.5. The van der Waals surface area contributed by atoms with Crippen molar-refractivity contribution in [2.45, 2.75) is 6.42 Å². The van der Waals surface area contributed by atoms with Crippen LogP contribution in [0.4, 0.5) is 5.69 Å². The SMILES string of the molecule is COc1cc(N)c(C(=O)NCC2CCSC2)cc1OC. The smallest absolute Gasteiger partial charge is 0.253 e. The predicted molar refractivity (Wildman–Crippen MR) is 81.7 cm³/mol. The van der Waals surface area contributed by atoms with E-state index in [1.165, 1.54) is 20.0 Å². The van der Waals surface area contributed by atoms with Gasteiger partial charge in [-0.1, -0.05) is 0 Å². The van der Waals surface area contributed by atoms with Gasteiger partial charge in [-0.05, 0) is 29.9 Å². The molecular formula is C14H20N2O3S. The van der Waals surface area contributed by atoms with Gasteiger partial charge in [-0.2, -0.15) is 11.8 Å². The summed E-state index contributed by atoms with van der Waals surface area (Å²) in [4.78, 5) is 12.2. The highest BCUT2D eigenvalue weighted by atomic mass is 32.2. The van der Waals surface area contributed by atoms with Crippen LogP contribution in [0, 0.1) is 5.92 Å². The number of carbonyl (C=O) groups is 1. The lowest BCUT2D eigenvalue weighted by Gasteiger charge is -2.14. The number of nitrogens with one attached hydrogen (secondary N) is 1. The molecule has 6 heteroatoms. The maximum atomic E-state index is 12.2. The normalized spacial score (nSPS) is 17.8. The van der Waals surface area contributed by atoms with Crippen molar-refractivity contribution in [1.29, 1.82) is 0 Å². The van der Waals surface area contributed by atoms with Crippen molar-refractivity contribution in [3.8, 4) is 11.5 Å². The quantitative estimate of drug-likeness (QED) is 0.810. The minimum Gasteiger partial charge on any atom is -0.493 e. The van der Waals surface area contributed by atoms with Crippen molar-refractivity contribution in [2.24, 2.45) is 5.92 Å². The number of anilines is 1. The van der Waals surface area contributed by atoms with E-state index in [1.54, 1.807) is 12.1 Å². The molecule has 1 heterocycles. The molecule has 3 N–H and O–H groups in total. The summed E-state index contributed by atoms with van der Waals surface area (Å²) in [5.41, 5.74) is 6.72. The first kappa shape index (κ1) is 14.8. The number of rotatable bonds is 5. The lowest BCUT2D eigenvalue weighted by molar-refractivity contribution is 0.0949. The number of methoxy groups -OCH3 is 2. The first-order chi connectivity index (χ1) is 9.65. The molecule has 1 aromatic carbocycles. The molecule has 1 amide bonds. The Morgan fingerprint density at radius 1 is 1.40 bits per heavy atom. The fourth-order valence-corrected chi connectivity index (χ4v) is 3.45. The number of hydrogen-bond donors (Lipinski definition) is 2. The summed E-state index contributed by atoms with van der Waals surface area (Å²) < 4.78 is 10.3. The zero-order valence-electron chi connectivity index (χ0n) is 11.8. The summed E-state index contributed by atoms with van der Waals surface area (Å²) in [5.74, 6) is 3.71. The summed E-state index contributed by atoms with van der Waals surface area (Å²) >= 11 is 1.93. The molecule has 0 aromatic heterocycles. The molecule has 20 heavy (non-hydrogen) atoms. The fourth-order valence-electron chi connectivity index (χ4n) is 2.17. The number of nitrogen functional groups attached to an aromatic ring is 1. The Morgan fingerprint density at radius 3 is 2.70 bits per heavy atom. The zero-order valence-corrected chi connectivity index (χ0v) is 12.6. The van der Waals surface area contributed by atoms with Gasteiger partial charge in [-0.3, -0.25) is 4.79 Å². The van der Waals surface area contributed by atoms with Crippen LogP contribution in [0.15, 0.2) is 12.1 Å². The van der Waals surface area contributed by atoms with Crippen molar-refractivity contribution in [3.05, 3.63) is 17.7 Å². The van der Waals surface area contributed by atoms with Crippen LogP contribution in [0.25, 0.3) is 0 Å². The van der Waals surface area contributed by atoms with Crippen LogP contribution >= 0.6 is 11.8 Å². The minimum atomic E-state index is -0.166. The van der Waals surface area contributed by atoms with Gasteiger partial charge in [-0.15, -0.1) is 0 Å². The lowest BCUT2D eigenvalue weighted by Crippen LogP contribution is -2.29. The van der Waals surface area contributed by atoms with Crippen molar-refractivity contribution >= 4 is 23.4 Å². The van der Waals surface area contributed by atoms with Gasteiger partial charge in [-0.25, -0.2) is 0 Å². The first-order valence-electron chi connectivity index (χ1n) is 6.53. The Kier molecular flexibility index (Phi) is 5.00. The maximum Gasteiger partial charge on any atom is 0.253 e. The maximum absolute atomic E-state index is 12.2. The van der Waals surface area contributed by atoms with E-state index in [-0.39, 0.29) is 5.91 Å². The van der Waals surface area contributed by atoms with Gasteiger partial charge in [0.25, 0.3) is 5.91 Å². The highest BCUT2D eigenvalue weighted by molar-refractivity contribution is 7.99. The molecule has 110 valence electrons. The highest BCUT2D eigenvalue weighted by Crippen LogP contribution is 2.32. The van der Waals surface area contributed by atoms with E-state index >= 15 is 0 Å². The van der Waals surface area contributed by atoms with Gasteiger partial charge in [0.1, 0.15) is 0 Å². The standard InChI is InChI=1S/C14H20N2O3S/c1-18-12-5-10(11(15)6-13(12)19-2)14(17)16-7-9-3-4-20-8-9/h5-6,9H,3-4,7-8,15H2,1-2H3,(H,16,17). The van der Waals surface area contributed by atoms with Crippen molar-refractivity contribution in [1.82, 2.24) is 5.32 Å². The van der Waals surface area contributed by atoms with E-state index in [1.807, 2.05) is 11.8 Å². The molecule has 1 atom stereocenters. The molecule has 1 fully saturated rings. The number of hydrogen-bond acceptors (Lipinski definition) is 5. The molecule has 2 rings (SSSR count). The molecule has 0 bridgehead atoms. The van der Waals surface area contributed by atoms with E-state index in [4.69, 9.17) is 15.2 Å². The Bertz CT molecular complexity index is 488. The third-order valence-electron chi connectivity index (χ3n) is 3.38. The summed E-state index contributed by atoms with van der Waals surface area (Å²) in [7, 11) is 3.07. The summed E-state index contributed by atoms with van der Waals surface area (Å²) in [6.45, 7) is 0.694. The molecule has 1 aliphatic rings. The number of nitrogens with two attached hydrogens (primary N) is 1. The Morgan fingerprint density at radius 2 is 2.10 bits per heavy atom. The number of carbonyl (C=O) groups excluding carboxylic acids is 1. The molecule has 1 aliphatic heterocycles. The molecule has 0 spiro atoms. The van der Waals surface area contributed by atoms with Crippen molar-refractivity contribution < 1.29 is 14.3 Å². The van der Waals surface area contributed by atoms with Gasteiger partial charge >= 0.3 is 0 Å². The van der Waals surface area contributed by atoms with Gasteiger partial charge in [0, 0.05) is 18.3 Å². The molecule has 0 radical (unpaired) electrons. The molecule has 1 saturated heterocycles. The van der Waals surface area contributed by atoms with Gasteiger partial charge < -0.3 is 20.5 Å². The lowest BCUT2D eigenvalue weighted by atomic mass is 10.1. The molecule has 1 unspecified atom stereocenters. The Labute approximate surface area is 123 Å². The fraction of sp³-hybridized carbons (Fsp3) is 0.500. The largest absolute Gasteiger partial charge is 0.493 e. The van der Waals surface area contributed by atoms with Crippen LogP contribution in [-0.2, 0) is 0 Å². The Balaban J connectivity index is 2.08. The summed E-state index contributed by atoms with van der Waals surface area (Å²) in [6.07, 6.45) is 1.16. The van der Waals surface area contributed by atoms with E-state index in [9.17, 15) is 4.79 Å². The van der Waals surface area contributed by atoms with Crippen molar-refractivity contribution in [2.75, 3.05) is 38.0 Å². The topological polar surface area (TPSA) is 73.6 Å². The third-order valence-corrected chi connectivity index (χ3v) is 4.61. The molecule has 0 aliphatic carbocycles. The molecule has 5 nitrogen and oxygen atoms in total. The van der Waals surface area contributed by atoms with Crippen LogP contribution < -0.4 is 20.5 Å². The van der Waals surface area contributed by atoms with Crippen LogP contribution in [0.5, 0.6) is 11.5 Å². The second-order valence-electron chi connectivity index (χ2n) is 4.73. The monoisotopic (exact) mass is 296 g/mol. The van der Waals surface area contributed by atoms with E-state index in [0.717, 1.165) is 12.2 Å². The van der Waals surface area contributed by atoms with E-state index in [2.05, 4.69) is 5.32 Å². The van der Waals surface area contributed by atoms with E-state index < -0.39 is 0 Å². The second-order valence-corrected chi connectivity index (χ2v) is 5.88. The average molecular weight is 296 g/mol. The van der Waals surface area contributed by atoms with Gasteiger partial charge in [0.2, 0.25) is 0 Å². The van der Waals surface area contributed by atoms with Crippen LogP contribution in [-0.4, -0.2) is 38.2 Å². The van der Waals surface area contributed by atoms with Crippen molar-refractivity contribution in [3.63, 3.8) is 0 Å². The molecule has 1 aromatic rings. The Hall–Kier alpha value is -1.56. The first-order valence-corrected chi connectivity index (χ1v) is 7.68. The molecule has 0 saturated carbocycles. The van der Waals surface area contributed by atoms with Gasteiger partial charge in [0.15, 0.2) is 11.5 Å². The highest BCUT2D eigenvalue weighted by Gasteiger charge is 2.19. The second kappa shape index (κ2) is 6.74. The van der Waals surface area contributed by atoms with E-state index in [0.29, 0.717) is 35.2 Å². The van der Waals surface area contributed by atoms with Crippen LogP contribution in [0.2, 0.25) is 0 Å². The number of ether oxygens (including phenoxy) is 2. The van der Waals surface area contributed by atoms with Crippen LogP contribution in [0.1, 0.15) is 16.8 Å². The summed E-state index contributed by atoms with van der Waals surface area (Å²) in [6, 6.07) is 3.23. The molecular weight excluding hydrogens is 276 g/mol. The van der Waals surface area contributed by atoms with Crippen LogP contribution in [0.3, 0.4) is 0 Å². The average Bonchev–Trinajstić information content (AvgIpc) is 2.97. The summed E-state index contributed by atoms with van der Waals surface area (Å²) in [5, 5.41) is 2.94. The predicted octanol–water partition coefficient (Wildman–Crippen LogP) is 1.77. The third kappa shape index (κ3) is 3.30. The number of benzene rings is 1. The minimum absolute atomic E-state index is 0.166. The number of amides is 1. The van der Waals surface area contributed by atoms with Gasteiger partial charge in [0.05, 0.1) is 19.8 Å². The number of thioether (sulfide) groups is 1.